The van der Waals surface area contributed by atoms with E-state index < -0.39 is 0 Å². The number of piperidine rings is 1. The van der Waals surface area contributed by atoms with E-state index >= 15 is 0 Å². The molecule has 0 bridgehead atoms. The number of benzene rings is 2. The number of amides is 3. The molecule has 32 heavy (non-hydrogen) atoms. The zero-order chi connectivity index (χ0) is 22.9. The molecule has 1 aliphatic heterocycles. The minimum absolute atomic E-state index is 0.0199. The minimum Gasteiger partial charge on any atom is -0.376 e. The highest BCUT2D eigenvalue weighted by molar-refractivity contribution is 5.97. The summed E-state index contributed by atoms with van der Waals surface area (Å²) in [5.41, 5.74) is 2.58. The lowest BCUT2D eigenvalue weighted by atomic mass is 10.1. The molecule has 0 unspecified atom stereocenters. The highest BCUT2D eigenvalue weighted by Gasteiger charge is 2.18. The Kier molecular flexibility index (Phi) is 8.25. The summed E-state index contributed by atoms with van der Waals surface area (Å²) < 4.78 is 0. The molecule has 170 valence electrons. The number of nitrogens with zero attached hydrogens (tertiary/aromatic N) is 2. The van der Waals surface area contributed by atoms with Crippen LogP contribution in [0.5, 0.6) is 0 Å². The predicted molar refractivity (Wildman–Crippen MR) is 127 cm³/mol. The van der Waals surface area contributed by atoms with Crippen LogP contribution >= 0.6 is 0 Å². The van der Waals surface area contributed by atoms with E-state index in [0.717, 1.165) is 31.6 Å². The molecule has 1 heterocycles. The third kappa shape index (κ3) is 6.09. The normalized spacial score (nSPS) is 13.4. The van der Waals surface area contributed by atoms with Crippen molar-refractivity contribution in [2.75, 3.05) is 43.4 Å². The van der Waals surface area contributed by atoms with Gasteiger partial charge in [-0.25, -0.2) is 0 Å². The van der Waals surface area contributed by atoms with Crippen molar-refractivity contribution in [3.63, 3.8) is 0 Å². The zero-order valence-corrected chi connectivity index (χ0v) is 18.9. The number of anilines is 2. The van der Waals surface area contributed by atoms with Gasteiger partial charge in [0.15, 0.2) is 0 Å². The number of likely N-dealkylation sites (tertiary alicyclic amines) is 1. The average molecular weight is 437 g/mol. The third-order valence-electron chi connectivity index (χ3n) is 5.67. The first-order chi connectivity index (χ1) is 15.5. The van der Waals surface area contributed by atoms with E-state index in [2.05, 4.69) is 10.6 Å². The zero-order valence-electron chi connectivity index (χ0n) is 18.9. The minimum atomic E-state index is -0.208. The molecule has 2 aromatic rings. The Labute approximate surface area is 189 Å². The SMILES string of the molecule is CCN(CC)C(=O)c1ccc(NC(=O)CNc2cccc(C(=O)N3CCCCC3)c2)cc1. The van der Waals surface area contributed by atoms with Gasteiger partial charge in [-0.05, 0) is 75.6 Å². The summed E-state index contributed by atoms with van der Waals surface area (Å²) in [6, 6.07) is 14.2. The molecule has 0 aromatic heterocycles. The van der Waals surface area contributed by atoms with Crippen molar-refractivity contribution >= 4 is 29.1 Å². The van der Waals surface area contributed by atoms with E-state index in [-0.39, 0.29) is 24.3 Å². The first-order valence-electron chi connectivity index (χ1n) is 11.3. The Bertz CT molecular complexity index is 932. The van der Waals surface area contributed by atoms with Crippen LogP contribution < -0.4 is 10.6 Å². The molecule has 0 radical (unpaired) electrons. The number of carbonyl (C=O) groups excluding carboxylic acids is 3. The summed E-state index contributed by atoms with van der Waals surface area (Å²) in [5.74, 6) is -0.189. The lowest BCUT2D eigenvalue weighted by Crippen LogP contribution is -2.35. The Morgan fingerprint density at radius 3 is 2.22 bits per heavy atom. The number of nitrogens with one attached hydrogen (secondary N) is 2. The van der Waals surface area contributed by atoms with E-state index in [0.29, 0.717) is 29.9 Å². The number of carbonyl (C=O) groups is 3. The van der Waals surface area contributed by atoms with Gasteiger partial charge in [-0.3, -0.25) is 14.4 Å². The molecule has 1 saturated heterocycles. The van der Waals surface area contributed by atoms with Crippen molar-refractivity contribution in [3.8, 4) is 0 Å². The molecule has 0 saturated carbocycles. The standard InChI is InChI=1S/C25H32N4O3/c1-3-28(4-2)24(31)19-11-13-21(14-12-19)27-23(30)18-26-22-10-8-9-20(17-22)25(32)29-15-6-5-7-16-29/h8-14,17,26H,3-7,15-16,18H2,1-2H3,(H,27,30). The fraction of sp³-hybridized carbons (Fsp3) is 0.400. The van der Waals surface area contributed by atoms with E-state index in [4.69, 9.17) is 0 Å². The summed E-state index contributed by atoms with van der Waals surface area (Å²) in [6.45, 7) is 6.89. The molecule has 1 fully saturated rings. The number of hydrogen-bond acceptors (Lipinski definition) is 4. The highest BCUT2D eigenvalue weighted by Crippen LogP contribution is 2.17. The molecule has 3 rings (SSSR count). The third-order valence-corrected chi connectivity index (χ3v) is 5.67. The molecular weight excluding hydrogens is 404 g/mol. The van der Waals surface area contributed by atoms with Gasteiger partial charge in [-0.1, -0.05) is 6.07 Å². The van der Waals surface area contributed by atoms with Gasteiger partial charge in [0.25, 0.3) is 11.8 Å². The first-order valence-corrected chi connectivity index (χ1v) is 11.3. The van der Waals surface area contributed by atoms with Crippen LogP contribution in [0.1, 0.15) is 53.8 Å². The van der Waals surface area contributed by atoms with Crippen LogP contribution in [0.4, 0.5) is 11.4 Å². The van der Waals surface area contributed by atoms with Crippen LogP contribution in [0.2, 0.25) is 0 Å². The monoisotopic (exact) mass is 436 g/mol. The molecule has 7 heteroatoms. The summed E-state index contributed by atoms with van der Waals surface area (Å²) in [6.07, 6.45) is 3.28. The molecule has 2 N–H and O–H groups in total. The summed E-state index contributed by atoms with van der Waals surface area (Å²) in [7, 11) is 0. The van der Waals surface area contributed by atoms with E-state index in [1.807, 2.05) is 36.9 Å². The molecular formula is C25H32N4O3. The van der Waals surface area contributed by atoms with Gasteiger partial charge < -0.3 is 20.4 Å². The first kappa shape index (κ1) is 23.3. The van der Waals surface area contributed by atoms with Crippen LogP contribution in [0, 0.1) is 0 Å². The Morgan fingerprint density at radius 1 is 0.875 bits per heavy atom. The summed E-state index contributed by atoms with van der Waals surface area (Å²) in [4.78, 5) is 41.0. The van der Waals surface area contributed by atoms with Crippen molar-refractivity contribution in [1.82, 2.24) is 9.80 Å². The maximum Gasteiger partial charge on any atom is 0.253 e. The van der Waals surface area contributed by atoms with Crippen molar-refractivity contribution in [3.05, 3.63) is 59.7 Å². The second-order valence-electron chi connectivity index (χ2n) is 7.89. The quantitative estimate of drug-likeness (QED) is 0.659. The van der Waals surface area contributed by atoms with Gasteiger partial charge in [0.1, 0.15) is 0 Å². The summed E-state index contributed by atoms with van der Waals surface area (Å²) >= 11 is 0. The predicted octanol–water partition coefficient (Wildman–Crippen LogP) is 3.85. The second kappa shape index (κ2) is 11.3. The average Bonchev–Trinajstić information content (AvgIpc) is 2.84. The van der Waals surface area contributed by atoms with E-state index in [1.165, 1.54) is 6.42 Å². The molecule has 0 atom stereocenters. The molecule has 0 spiro atoms. The molecule has 1 aliphatic rings. The van der Waals surface area contributed by atoms with Gasteiger partial charge >= 0.3 is 0 Å². The van der Waals surface area contributed by atoms with Crippen LogP contribution in [0.15, 0.2) is 48.5 Å². The molecule has 2 aromatic carbocycles. The smallest absolute Gasteiger partial charge is 0.253 e. The van der Waals surface area contributed by atoms with Crippen LogP contribution in [0.25, 0.3) is 0 Å². The topological polar surface area (TPSA) is 81.8 Å². The maximum absolute atomic E-state index is 12.7. The van der Waals surface area contributed by atoms with Crippen molar-refractivity contribution < 1.29 is 14.4 Å². The van der Waals surface area contributed by atoms with Crippen LogP contribution in [0.3, 0.4) is 0 Å². The number of hydrogen-bond donors (Lipinski definition) is 2. The van der Waals surface area contributed by atoms with Gasteiger partial charge in [0, 0.05) is 48.7 Å². The molecule has 0 aliphatic carbocycles. The van der Waals surface area contributed by atoms with E-state index in [1.54, 1.807) is 35.2 Å². The largest absolute Gasteiger partial charge is 0.376 e. The van der Waals surface area contributed by atoms with E-state index in [9.17, 15) is 14.4 Å². The highest BCUT2D eigenvalue weighted by atomic mass is 16.2. The van der Waals surface area contributed by atoms with Crippen LogP contribution in [-0.4, -0.2) is 60.2 Å². The molecule has 7 nitrogen and oxygen atoms in total. The van der Waals surface area contributed by atoms with Gasteiger partial charge in [-0.2, -0.15) is 0 Å². The Balaban J connectivity index is 1.52. The van der Waals surface area contributed by atoms with Gasteiger partial charge in [0.2, 0.25) is 5.91 Å². The lowest BCUT2D eigenvalue weighted by Gasteiger charge is -2.26. The lowest BCUT2D eigenvalue weighted by molar-refractivity contribution is -0.114. The van der Waals surface area contributed by atoms with Gasteiger partial charge in [0.05, 0.1) is 6.54 Å². The Morgan fingerprint density at radius 2 is 1.56 bits per heavy atom. The van der Waals surface area contributed by atoms with Crippen molar-refractivity contribution in [2.24, 2.45) is 0 Å². The molecule has 3 amide bonds. The second-order valence-corrected chi connectivity index (χ2v) is 7.89. The van der Waals surface area contributed by atoms with Gasteiger partial charge in [-0.15, -0.1) is 0 Å². The maximum atomic E-state index is 12.7. The van der Waals surface area contributed by atoms with Crippen molar-refractivity contribution in [1.29, 1.82) is 0 Å². The Hall–Kier alpha value is -3.35. The fourth-order valence-electron chi connectivity index (χ4n) is 3.82. The summed E-state index contributed by atoms with van der Waals surface area (Å²) in [5, 5.41) is 5.90. The van der Waals surface area contributed by atoms with Crippen LogP contribution in [-0.2, 0) is 4.79 Å². The fourth-order valence-corrected chi connectivity index (χ4v) is 3.82. The van der Waals surface area contributed by atoms with Crippen molar-refractivity contribution in [2.45, 2.75) is 33.1 Å². The number of rotatable bonds is 8.